The number of benzene rings is 1. The van der Waals surface area contributed by atoms with Gasteiger partial charge in [0.15, 0.2) is 0 Å². The molecule has 0 aliphatic rings. The molecule has 2 rings (SSSR count). The van der Waals surface area contributed by atoms with Gasteiger partial charge in [-0.05, 0) is 23.6 Å². The molecule has 0 aliphatic heterocycles. The van der Waals surface area contributed by atoms with Crippen LogP contribution in [0.15, 0.2) is 33.5 Å². The van der Waals surface area contributed by atoms with Crippen LogP contribution in [0.25, 0.3) is 10.9 Å². The molecule has 2 aromatic rings. The summed E-state index contributed by atoms with van der Waals surface area (Å²) in [5.74, 6) is 0. The minimum atomic E-state index is -0.261. The van der Waals surface area contributed by atoms with Crippen LogP contribution in [0.3, 0.4) is 0 Å². The Balaban J connectivity index is 2.99. The first kappa shape index (κ1) is 9.94. The summed E-state index contributed by atoms with van der Waals surface area (Å²) in [6.07, 6.45) is 0. The minimum absolute atomic E-state index is 0.173. The molecular weight excluding hydrogens is 256 g/mol. The van der Waals surface area contributed by atoms with Crippen LogP contribution >= 0.6 is 15.9 Å². The lowest BCUT2D eigenvalue weighted by Gasteiger charge is -2.05. The van der Waals surface area contributed by atoms with E-state index in [1.54, 1.807) is 13.1 Å². The zero-order valence-corrected chi connectivity index (χ0v) is 9.58. The van der Waals surface area contributed by atoms with Crippen LogP contribution in [0.1, 0.15) is 5.56 Å². The predicted molar refractivity (Wildman–Crippen MR) is 61.6 cm³/mol. The van der Waals surface area contributed by atoms with Crippen LogP contribution in [0.4, 0.5) is 0 Å². The highest BCUT2D eigenvalue weighted by Crippen LogP contribution is 2.18. The van der Waals surface area contributed by atoms with Crippen molar-refractivity contribution in [1.29, 1.82) is 5.26 Å². The smallest absolute Gasteiger partial charge is 0.268 e. The molecule has 0 bridgehead atoms. The van der Waals surface area contributed by atoms with E-state index in [9.17, 15) is 4.79 Å². The van der Waals surface area contributed by atoms with E-state index in [1.165, 1.54) is 4.57 Å². The van der Waals surface area contributed by atoms with Crippen molar-refractivity contribution in [1.82, 2.24) is 4.57 Å². The number of hydrogen-bond acceptors (Lipinski definition) is 2. The summed E-state index contributed by atoms with van der Waals surface area (Å²) < 4.78 is 2.40. The minimum Gasteiger partial charge on any atom is -0.310 e. The van der Waals surface area contributed by atoms with E-state index >= 15 is 0 Å². The summed E-state index contributed by atoms with van der Waals surface area (Å²) in [6.45, 7) is 0. The molecule has 0 radical (unpaired) electrons. The van der Waals surface area contributed by atoms with E-state index in [4.69, 9.17) is 5.26 Å². The van der Waals surface area contributed by atoms with E-state index in [-0.39, 0.29) is 11.1 Å². The molecule has 4 heteroatoms. The van der Waals surface area contributed by atoms with Crippen molar-refractivity contribution in [2.75, 3.05) is 0 Å². The molecule has 0 saturated heterocycles. The molecule has 0 saturated carbocycles. The highest BCUT2D eigenvalue weighted by molar-refractivity contribution is 9.10. The lowest BCUT2D eigenvalue weighted by atomic mass is 10.1. The molecular formula is C11H7BrN2O. The van der Waals surface area contributed by atoms with Gasteiger partial charge < -0.3 is 4.57 Å². The molecule has 15 heavy (non-hydrogen) atoms. The van der Waals surface area contributed by atoms with Crippen LogP contribution in [0.5, 0.6) is 0 Å². The topological polar surface area (TPSA) is 45.8 Å². The third-order valence-corrected chi connectivity index (χ3v) is 2.80. The first-order chi connectivity index (χ1) is 7.13. The Morgan fingerprint density at radius 3 is 2.80 bits per heavy atom. The van der Waals surface area contributed by atoms with Gasteiger partial charge >= 0.3 is 0 Å². The number of nitriles is 1. The predicted octanol–water partition coefficient (Wildman–Crippen LogP) is 2.17. The summed E-state index contributed by atoms with van der Waals surface area (Å²) in [4.78, 5) is 11.7. The number of halogens is 1. The largest absolute Gasteiger partial charge is 0.310 e. The van der Waals surface area contributed by atoms with Gasteiger partial charge in [-0.3, -0.25) is 4.79 Å². The summed E-state index contributed by atoms with van der Waals surface area (Å²) in [7, 11) is 1.66. The molecule has 0 spiro atoms. The zero-order valence-electron chi connectivity index (χ0n) is 7.99. The van der Waals surface area contributed by atoms with E-state index in [1.807, 2.05) is 24.3 Å². The van der Waals surface area contributed by atoms with Crippen molar-refractivity contribution >= 4 is 26.8 Å². The lowest BCUT2D eigenvalue weighted by molar-refractivity contribution is 0.900. The number of hydrogen-bond donors (Lipinski definition) is 0. The van der Waals surface area contributed by atoms with Gasteiger partial charge in [0.05, 0.1) is 5.52 Å². The van der Waals surface area contributed by atoms with Gasteiger partial charge in [-0.1, -0.05) is 22.0 Å². The number of pyridine rings is 1. The van der Waals surface area contributed by atoms with Crippen LogP contribution in [-0.2, 0) is 7.05 Å². The van der Waals surface area contributed by atoms with Gasteiger partial charge in [-0.2, -0.15) is 5.26 Å². The van der Waals surface area contributed by atoms with Crippen molar-refractivity contribution in [2.45, 2.75) is 0 Å². The number of aryl methyl sites for hydroxylation is 1. The monoisotopic (exact) mass is 262 g/mol. The van der Waals surface area contributed by atoms with E-state index in [2.05, 4.69) is 15.9 Å². The SMILES string of the molecule is Cn1c(=O)c(C#N)cc2ccc(Br)cc21. The molecule has 0 fully saturated rings. The number of rotatable bonds is 0. The Hall–Kier alpha value is -1.60. The van der Waals surface area contributed by atoms with Crippen LogP contribution in [0.2, 0.25) is 0 Å². The second-order valence-electron chi connectivity index (χ2n) is 3.24. The van der Waals surface area contributed by atoms with Gasteiger partial charge in [0.1, 0.15) is 11.6 Å². The van der Waals surface area contributed by atoms with Crippen LogP contribution in [0, 0.1) is 11.3 Å². The fourth-order valence-corrected chi connectivity index (χ4v) is 1.87. The normalized spacial score (nSPS) is 10.2. The third-order valence-electron chi connectivity index (χ3n) is 2.31. The first-order valence-corrected chi connectivity index (χ1v) is 5.12. The molecule has 1 aromatic heterocycles. The Kier molecular flexibility index (Phi) is 2.33. The highest BCUT2D eigenvalue weighted by Gasteiger charge is 2.05. The van der Waals surface area contributed by atoms with Gasteiger partial charge in [-0.25, -0.2) is 0 Å². The number of aromatic nitrogens is 1. The quantitative estimate of drug-likeness (QED) is 0.731. The fraction of sp³-hybridized carbons (Fsp3) is 0.0909. The zero-order chi connectivity index (χ0) is 11.0. The average molecular weight is 263 g/mol. The second-order valence-corrected chi connectivity index (χ2v) is 4.15. The Morgan fingerprint density at radius 1 is 1.40 bits per heavy atom. The van der Waals surface area contributed by atoms with Crippen molar-refractivity contribution in [2.24, 2.45) is 7.05 Å². The Labute approximate surface area is 94.7 Å². The van der Waals surface area contributed by atoms with Gasteiger partial charge in [0, 0.05) is 11.5 Å². The van der Waals surface area contributed by atoms with Crippen LogP contribution in [-0.4, -0.2) is 4.57 Å². The molecule has 1 heterocycles. The van der Waals surface area contributed by atoms with E-state index < -0.39 is 0 Å². The molecule has 0 unspecified atom stereocenters. The maximum Gasteiger partial charge on any atom is 0.268 e. The second kappa shape index (κ2) is 3.52. The molecule has 0 amide bonds. The summed E-state index contributed by atoms with van der Waals surface area (Å²) in [5.41, 5.74) is 0.726. The summed E-state index contributed by atoms with van der Waals surface area (Å²) in [6, 6.07) is 9.13. The van der Waals surface area contributed by atoms with Crippen molar-refractivity contribution in [3.05, 3.63) is 44.7 Å². The van der Waals surface area contributed by atoms with Gasteiger partial charge in [0.25, 0.3) is 5.56 Å². The highest BCUT2D eigenvalue weighted by atomic mass is 79.9. The van der Waals surface area contributed by atoms with Gasteiger partial charge in [0.2, 0.25) is 0 Å². The molecule has 0 aliphatic carbocycles. The van der Waals surface area contributed by atoms with E-state index in [0.717, 1.165) is 15.4 Å². The Morgan fingerprint density at radius 2 is 2.13 bits per heavy atom. The van der Waals surface area contributed by atoms with Crippen molar-refractivity contribution in [3.63, 3.8) is 0 Å². The average Bonchev–Trinajstić information content (AvgIpc) is 2.24. The third kappa shape index (κ3) is 1.55. The summed E-state index contributed by atoms with van der Waals surface area (Å²) in [5, 5.41) is 9.67. The molecule has 0 atom stereocenters. The van der Waals surface area contributed by atoms with Crippen LogP contribution < -0.4 is 5.56 Å². The molecule has 74 valence electrons. The van der Waals surface area contributed by atoms with Crippen molar-refractivity contribution in [3.8, 4) is 6.07 Å². The molecule has 1 aromatic carbocycles. The summed E-state index contributed by atoms with van der Waals surface area (Å²) >= 11 is 3.35. The number of fused-ring (bicyclic) bond motifs is 1. The molecule has 0 N–H and O–H groups in total. The lowest BCUT2D eigenvalue weighted by Crippen LogP contribution is -2.19. The molecule has 3 nitrogen and oxygen atoms in total. The maximum absolute atomic E-state index is 11.7. The first-order valence-electron chi connectivity index (χ1n) is 4.33. The standard InChI is InChI=1S/C11H7BrN2O/c1-14-10-5-9(12)3-2-7(10)4-8(6-13)11(14)15/h2-5H,1H3. The Bertz CT molecular complexity index is 637. The van der Waals surface area contributed by atoms with E-state index in [0.29, 0.717) is 0 Å². The maximum atomic E-state index is 11.7. The number of nitrogens with zero attached hydrogens (tertiary/aromatic N) is 2. The van der Waals surface area contributed by atoms with Crippen molar-refractivity contribution < 1.29 is 0 Å². The fourth-order valence-electron chi connectivity index (χ4n) is 1.52. The van der Waals surface area contributed by atoms with Gasteiger partial charge in [-0.15, -0.1) is 0 Å².